The zero-order valence-electron chi connectivity index (χ0n) is 14.8. The highest BCUT2D eigenvalue weighted by Crippen LogP contribution is 2.21. The van der Waals surface area contributed by atoms with Crippen molar-refractivity contribution < 1.29 is 13.2 Å². The molecule has 0 aromatic heterocycles. The van der Waals surface area contributed by atoms with E-state index < -0.39 is 10.0 Å². The van der Waals surface area contributed by atoms with Crippen molar-refractivity contribution in [2.24, 2.45) is 4.40 Å². The van der Waals surface area contributed by atoms with E-state index >= 15 is 0 Å². The molecule has 1 atom stereocenters. The van der Waals surface area contributed by atoms with Gasteiger partial charge in [-0.05, 0) is 41.5 Å². The maximum Gasteiger partial charge on any atom is 0.256 e. The summed E-state index contributed by atoms with van der Waals surface area (Å²) in [6.45, 7) is 2.23. The summed E-state index contributed by atoms with van der Waals surface area (Å²) < 4.78 is 26.9. The number of amidine groups is 1. The third-order valence-electron chi connectivity index (χ3n) is 4.71. The third kappa shape index (κ3) is 3.64. The van der Waals surface area contributed by atoms with E-state index in [1.807, 2.05) is 37.3 Å². The van der Waals surface area contributed by atoms with Gasteiger partial charge in [-0.1, -0.05) is 36.4 Å². The number of hydrogen-bond acceptors (Lipinski definition) is 4. The lowest BCUT2D eigenvalue weighted by atomic mass is 10.0. The van der Waals surface area contributed by atoms with Crippen LogP contribution in [0.3, 0.4) is 0 Å². The summed E-state index contributed by atoms with van der Waals surface area (Å²) >= 11 is 0. The number of hydrogen-bond donors (Lipinski definition) is 1. The largest absolute Gasteiger partial charge is 0.345 e. The number of carbonyl (C=O) groups excluding carboxylic acids is 1. The minimum atomic E-state index is -3.40. The third-order valence-corrected chi connectivity index (χ3v) is 5.87. The van der Waals surface area contributed by atoms with Crippen LogP contribution in [0.4, 0.5) is 0 Å². The van der Waals surface area contributed by atoms with E-state index in [9.17, 15) is 13.2 Å². The van der Waals surface area contributed by atoms with Crippen LogP contribution in [-0.4, -0.2) is 37.4 Å². The highest BCUT2D eigenvalue weighted by molar-refractivity contribution is 7.90. The summed E-state index contributed by atoms with van der Waals surface area (Å²) in [7, 11) is -3.40. The molecule has 2 aliphatic rings. The molecule has 138 valence electrons. The van der Waals surface area contributed by atoms with E-state index in [0.29, 0.717) is 18.0 Å². The molecule has 2 aromatic rings. The average Bonchev–Trinajstić information content (AvgIpc) is 2.66. The summed E-state index contributed by atoms with van der Waals surface area (Å²) in [5.74, 6) is 0.0863. The quantitative estimate of drug-likeness (QED) is 0.886. The highest BCUT2D eigenvalue weighted by atomic mass is 32.2. The van der Waals surface area contributed by atoms with Crippen molar-refractivity contribution in [1.82, 2.24) is 10.2 Å². The molecule has 1 amide bonds. The Bertz CT molecular complexity index is 1120. The molecular weight excluding hydrogens is 362 g/mol. The first-order valence-electron chi connectivity index (χ1n) is 8.70. The SMILES string of the molecule is CC(NC(=O)C1=CN2CCS(=O)(=O)N=C2C=C1)c1ccc2ccccc2c1. The first-order valence-corrected chi connectivity index (χ1v) is 10.3. The van der Waals surface area contributed by atoms with E-state index in [0.717, 1.165) is 16.3 Å². The Morgan fingerprint density at radius 1 is 1.15 bits per heavy atom. The summed E-state index contributed by atoms with van der Waals surface area (Å²) in [6, 6.07) is 14.1. The molecular formula is C20H19N3O3S. The molecule has 2 aliphatic heterocycles. The second-order valence-electron chi connectivity index (χ2n) is 6.65. The van der Waals surface area contributed by atoms with Gasteiger partial charge < -0.3 is 10.2 Å². The number of nitrogens with one attached hydrogen (secondary N) is 1. The molecule has 0 aliphatic carbocycles. The van der Waals surface area contributed by atoms with Gasteiger partial charge in [0.1, 0.15) is 5.84 Å². The summed E-state index contributed by atoms with van der Waals surface area (Å²) in [5.41, 5.74) is 1.50. The second kappa shape index (κ2) is 6.66. The molecule has 0 fully saturated rings. The van der Waals surface area contributed by atoms with Crippen LogP contribution in [0.25, 0.3) is 10.8 Å². The lowest BCUT2D eigenvalue weighted by molar-refractivity contribution is -0.117. The molecule has 0 saturated carbocycles. The van der Waals surface area contributed by atoms with Crippen LogP contribution in [0.2, 0.25) is 0 Å². The van der Waals surface area contributed by atoms with Gasteiger partial charge in [-0.15, -0.1) is 4.40 Å². The van der Waals surface area contributed by atoms with Gasteiger partial charge in [-0.2, -0.15) is 0 Å². The van der Waals surface area contributed by atoms with Gasteiger partial charge >= 0.3 is 0 Å². The van der Waals surface area contributed by atoms with Gasteiger partial charge in [0.15, 0.2) is 0 Å². The molecule has 0 spiro atoms. The Morgan fingerprint density at radius 3 is 2.74 bits per heavy atom. The van der Waals surface area contributed by atoms with Gasteiger partial charge in [0.05, 0.1) is 17.4 Å². The Morgan fingerprint density at radius 2 is 1.93 bits per heavy atom. The molecule has 2 aromatic carbocycles. The van der Waals surface area contributed by atoms with Gasteiger partial charge in [-0.25, -0.2) is 8.42 Å². The second-order valence-corrected chi connectivity index (χ2v) is 8.40. The van der Waals surface area contributed by atoms with Crippen LogP contribution in [0.1, 0.15) is 18.5 Å². The molecule has 0 radical (unpaired) electrons. The fraction of sp³-hybridized carbons (Fsp3) is 0.200. The predicted octanol–water partition coefficient (Wildman–Crippen LogP) is 2.51. The Kier molecular flexibility index (Phi) is 4.31. The number of nitrogens with zero attached hydrogens (tertiary/aromatic N) is 2. The van der Waals surface area contributed by atoms with Crippen molar-refractivity contribution in [3.63, 3.8) is 0 Å². The van der Waals surface area contributed by atoms with Crippen LogP contribution >= 0.6 is 0 Å². The van der Waals surface area contributed by atoms with Gasteiger partial charge in [0.25, 0.3) is 15.9 Å². The van der Waals surface area contributed by atoms with Crippen LogP contribution in [0, 0.1) is 0 Å². The lowest BCUT2D eigenvalue weighted by Crippen LogP contribution is -2.38. The highest BCUT2D eigenvalue weighted by Gasteiger charge is 2.25. The van der Waals surface area contributed by atoms with Crippen molar-refractivity contribution in [1.29, 1.82) is 0 Å². The smallest absolute Gasteiger partial charge is 0.256 e. The van der Waals surface area contributed by atoms with Crippen LogP contribution < -0.4 is 5.32 Å². The zero-order chi connectivity index (χ0) is 19.0. The molecule has 7 heteroatoms. The summed E-state index contributed by atoms with van der Waals surface area (Å²) in [6.07, 6.45) is 4.81. The number of amides is 1. The van der Waals surface area contributed by atoms with Crippen LogP contribution in [-0.2, 0) is 14.8 Å². The lowest BCUT2D eigenvalue weighted by Gasteiger charge is -2.27. The van der Waals surface area contributed by atoms with Crippen molar-refractivity contribution >= 4 is 32.5 Å². The maximum absolute atomic E-state index is 12.6. The van der Waals surface area contributed by atoms with Crippen molar-refractivity contribution in [2.45, 2.75) is 13.0 Å². The summed E-state index contributed by atoms with van der Waals surface area (Å²) in [4.78, 5) is 14.3. The first kappa shape index (κ1) is 17.5. The zero-order valence-corrected chi connectivity index (χ0v) is 15.6. The van der Waals surface area contributed by atoms with Crippen molar-refractivity contribution in [3.05, 3.63) is 72.0 Å². The summed E-state index contributed by atoms with van der Waals surface area (Å²) in [5, 5.41) is 5.28. The molecule has 1 unspecified atom stereocenters. The van der Waals surface area contributed by atoms with Gasteiger partial charge in [0.2, 0.25) is 0 Å². The minimum Gasteiger partial charge on any atom is -0.345 e. The van der Waals surface area contributed by atoms with E-state index in [1.165, 1.54) is 0 Å². The van der Waals surface area contributed by atoms with E-state index in [4.69, 9.17) is 0 Å². The average molecular weight is 381 g/mol. The van der Waals surface area contributed by atoms with E-state index in [1.54, 1.807) is 23.3 Å². The first-order chi connectivity index (χ1) is 12.9. The predicted molar refractivity (Wildman–Crippen MR) is 106 cm³/mol. The fourth-order valence-corrected chi connectivity index (χ4v) is 4.15. The maximum atomic E-state index is 12.6. The Labute approximate surface area is 157 Å². The topological polar surface area (TPSA) is 78.8 Å². The van der Waals surface area contributed by atoms with Crippen LogP contribution in [0.5, 0.6) is 0 Å². The number of carbonyl (C=O) groups is 1. The number of benzene rings is 2. The molecule has 6 nitrogen and oxygen atoms in total. The number of fused-ring (bicyclic) bond motifs is 2. The normalized spacial score (nSPS) is 19.1. The molecule has 0 saturated heterocycles. The van der Waals surface area contributed by atoms with Gasteiger partial charge in [-0.3, -0.25) is 4.79 Å². The monoisotopic (exact) mass is 381 g/mol. The van der Waals surface area contributed by atoms with Crippen LogP contribution in [0.15, 0.2) is 70.8 Å². The number of rotatable bonds is 3. The Balaban J connectivity index is 1.50. The molecule has 0 bridgehead atoms. The molecule has 27 heavy (non-hydrogen) atoms. The number of sulfonamides is 1. The standard InChI is InChI=1S/C20H19N3O3S/c1-14(16-7-6-15-4-2-3-5-17(15)12-16)21-20(24)18-8-9-19-22-27(25,26)11-10-23(19)13-18/h2-9,12-14H,10-11H2,1H3,(H,21,24). The van der Waals surface area contributed by atoms with Gasteiger partial charge in [0, 0.05) is 12.7 Å². The van der Waals surface area contributed by atoms with Crippen molar-refractivity contribution in [3.8, 4) is 0 Å². The fourth-order valence-electron chi connectivity index (χ4n) is 3.18. The van der Waals surface area contributed by atoms with E-state index in [-0.39, 0.29) is 17.7 Å². The Hall–Kier alpha value is -2.93. The molecule has 2 heterocycles. The minimum absolute atomic E-state index is 0.0523. The molecule has 4 rings (SSSR count). The van der Waals surface area contributed by atoms with Crippen molar-refractivity contribution in [2.75, 3.05) is 12.3 Å². The molecule has 1 N–H and O–H groups in total. The van der Waals surface area contributed by atoms with E-state index in [2.05, 4.69) is 21.8 Å².